The van der Waals surface area contributed by atoms with Gasteiger partial charge in [0.2, 0.25) is 5.91 Å². The molecule has 112 valence electrons. The molecule has 0 saturated carbocycles. The van der Waals surface area contributed by atoms with E-state index in [1.54, 1.807) is 26.2 Å². The van der Waals surface area contributed by atoms with Crippen molar-refractivity contribution >= 4 is 5.91 Å². The third-order valence-electron chi connectivity index (χ3n) is 2.92. The van der Waals surface area contributed by atoms with Crippen molar-refractivity contribution in [2.24, 2.45) is 5.73 Å². The Kier molecular flexibility index (Phi) is 5.39. The highest BCUT2D eigenvalue weighted by molar-refractivity contribution is 5.77. The van der Waals surface area contributed by atoms with E-state index < -0.39 is 5.54 Å². The first kappa shape index (κ1) is 16.3. The molecule has 2 N–H and O–H groups in total. The molecule has 0 aliphatic heterocycles. The molecule has 0 aromatic heterocycles. The van der Waals surface area contributed by atoms with Crippen LogP contribution in [0.3, 0.4) is 0 Å². The lowest BCUT2D eigenvalue weighted by Crippen LogP contribution is -2.39. The van der Waals surface area contributed by atoms with Gasteiger partial charge < -0.3 is 20.1 Å². The number of rotatable bonds is 6. The quantitative estimate of drug-likeness (QED) is 0.863. The highest BCUT2D eigenvalue weighted by Gasteiger charge is 2.20. The molecule has 1 aromatic carbocycles. The highest BCUT2D eigenvalue weighted by Crippen LogP contribution is 2.31. The van der Waals surface area contributed by atoms with Crippen molar-refractivity contribution in [3.8, 4) is 11.5 Å². The molecule has 0 saturated heterocycles. The topological polar surface area (TPSA) is 64.8 Å². The van der Waals surface area contributed by atoms with Gasteiger partial charge in [0.15, 0.2) is 11.5 Å². The van der Waals surface area contributed by atoms with Gasteiger partial charge in [-0.3, -0.25) is 4.79 Å². The van der Waals surface area contributed by atoms with Crippen LogP contribution in [0.4, 0.5) is 0 Å². The second-order valence-corrected chi connectivity index (χ2v) is 5.57. The van der Waals surface area contributed by atoms with Gasteiger partial charge in [0.05, 0.1) is 14.2 Å². The smallest absolute Gasteiger partial charge is 0.224 e. The lowest BCUT2D eigenvalue weighted by Gasteiger charge is -2.24. The van der Waals surface area contributed by atoms with Crippen LogP contribution in [0.1, 0.15) is 25.8 Å². The number of methoxy groups -OCH3 is 2. The van der Waals surface area contributed by atoms with E-state index in [1.165, 1.54) is 0 Å². The predicted octanol–water partition coefficient (Wildman–Crippen LogP) is 1.79. The Morgan fingerprint density at radius 2 is 1.95 bits per heavy atom. The van der Waals surface area contributed by atoms with E-state index in [4.69, 9.17) is 15.2 Å². The monoisotopic (exact) mass is 280 g/mol. The molecular formula is C15H24N2O3. The Hall–Kier alpha value is -1.75. The van der Waals surface area contributed by atoms with E-state index in [0.29, 0.717) is 24.5 Å². The minimum atomic E-state index is -0.510. The molecule has 5 heteroatoms. The minimum absolute atomic E-state index is 0.00220. The van der Waals surface area contributed by atoms with Crippen molar-refractivity contribution in [2.75, 3.05) is 21.3 Å². The molecule has 0 heterocycles. The van der Waals surface area contributed by atoms with E-state index in [9.17, 15) is 4.79 Å². The van der Waals surface area contributed by atoms with Crippen molar-refractivity contribution in [1.29, 1.82) is 0 Å². The number of carbonyl (C=O) groups excluding carboxylic acids is 1. The summed E-state index contributed by atoms with van der Waals surface area (Å²) >= 11 is 0. The lowest BCUT2D eigenvalue weighted by atomic mass is 10.0. The third kappa shape index (κ3) is 4.42. The highest BCUT2D eigenvalue weighted by atomic mass is 16.5. The number of benzene rings is 1. The number of hydrogen-bond acceptors (Lipinski definition) is 4. The average molecular weight is 280 g/mol. The number of ether oxygens (including phenoxy) is 2. The van der Waals surface area contributed by atoms with Gasteiger partial charge in [0, 0.05) is 31.1 Å². The van der Waals surface area contributed by atoms with Gasteiger partial charge in [-0.2, -0.15) is 0 Å². The molecule has 0 atom stereocenters. The van der Waals surface area contributed by atoms with E-state index >= 15 is 0 Å². The number of hydrogen-bond donors (Lipinski definition) is 1. The molecule has 0 spiro atoms. The molecule has 0 fully saturated rings. The summed E-state index contributed by atoms with van der Waals surface area (Å²) < 4.78 is 10.6. The van der Waals surface area contributed by atoms with Gasteiger partial charge >= 0.3 is 0 Å². The van der Waals surface area contributed by atoms with Crippen LogP contribution in [0.25, 0.3) is 0 Å². The fourth-order valence-corrected chi connectivity index (χ4v) is 1.95. The Labute approximate surface area is 120 Å². The Morgan fingerprint density at radius 3 is 2.45 bits per heavy atom. The third-order valence-corrected chi connectivity index (χ3v) is 2.92. The maximum atomic E-state index is 12.1. The fourth-order valence-electron chi connectivity index (χ4n) is 1.95. The Morgan fingerprint density at radius 1 is 1.30 bits per heavy atom. The predicted molar refractivity (Wildman–Crippen MR) is 78.9 cm³/mol. The van der Waals surface area contributed by atoms with Crippen LogP contribution in [0.15, 0.2) is 18.2 Å². The van der Waals surface area contributed by atoms with Crippen molar-refractivity contribution in [1.82, 2.24) is 4.90 Å². The second kappa shape index (κ2) is 6.61. The van der Waals surface area contributed by atoms with Gasteiger partial charge in [-0.15, -0.1) is 0 Å². The van der Waals surface area contributed by atoms with Crippen molar-refractivity contribution in [2.45, 2.75) is 32.4 Å². The first-order valence-electron chi connectivity index (χ1n) is 6.51. The standard InChI is InChI=1S/C15H24N2O3/c1-15(2,16)9-13(18)17(3)10-11-7-6-8-12(19-4)14(11)20-5/h6-8H,9-10,16H2,1-5H3. The molecule has 0 unspecified atom stereocenters. The summed E-state index contributed by atoms with van der Waals surface area (Å²) in [5.41, 5.74) is 6.27. The Bertz CT molecular complexity index is 467. The van der Waals surface area contributed by atoms with Crippen LogP contribution in [0.5, 0.6) is 11.5 Å². The number of amides is 1. The van der Waals surface area contributed by atoms with Crippen molar-refractivity contribution < 1.29 is 14.3 Å². The Balaban J connectivity index is 2.85. The lowest BCUT2D eigenvalue weighted by molar-refractivity contribution is -0.131. The van der Waals surface area contributed by atoms with E-state index in [0.717, 1.165) is 5.56 Å². The number of carbonyl (C=O) groups is 1. The summed E-state index contributed by atoms with van der Waals surface area (Å²) in [6.07, 6.45) is 0.301. The molecule has 5 nitrogen and oxygen atoms in total. The van der Waals surface area contributed by atoms with Gasteiger partial charge in [0.25, 0.3) is 0 Å². The molecule has 0 radical (unpaired) electrons. The van der Waals surface area contributed by atoms with Gasteiger partial charge in [0.1, 0.15) is 0 Å². The zero-order chi connectivity index (χ0) is 15.3. The van der Waals surface area contributed by atoms with Crippen molar-refractivity contribution in [3.63, 3.8) is 0 Å². The van der Waals surface area contributed by atoms with Gasteiger partial charge in [-0.05, 0) is 19.9 Å². The van der Waals surface area contributed by atoms with E-state index in [2.05, 4.69) is 0 Å². The van der Waals surface area contributed by atoms with Crippen LogP contribution in [-0.4, -0.2) is 37.6 Å². The van der Waals surface area contributed by atoms with Crippen molar-refractivity contribution in [3.05, 3.63) is 23.8 Å². The number of para-hydroxylation sites is 1. The molecule has 1 aromatic rings. The summed E-state index contributed by atoms with van der Waals surface area (Å²) in [5.74, 6) is 1.31. The first-order chi connectivity index (χ1) is 9.28. The summed E-state index contributed by atoms with van der Waals surface area (Å²) in [7, 11) is 4.94. The van der Waals surface area contributed by atoms with Crippen LogP contribution >= 0.6 is 0 Å². The maximum Gasteiger partial charge on any atom is 0.224 e. The normalized spacial score (nSPS) is 11.1. The fraction of sp³-hybridized carbons (Fsp3) is 0.533. The second-order valence-electron chi connectivity index (χ2n) is 5.57. The maximum absolute atomic E-state index is 12.1. The van der Waals surface area contributed by atoms with Gasteiger partial charge in [-0.25, -0.2) is 0 Å². The zero-order valence-electron chi connectivity index (χ0n) is 12.9. The molecule has 0 aliphatic rings. The average Bonchev–Trinajstić information content (AvgIpc) is 2.36. The summed E-state index contributed by atoms with van der Waals surface area (Å²) in [4.78, 5) is 13.7. The molecule has 0 aliphatic carbocycles. The van der Waals surface area contributed by atoms with Crippen LogP contribution in [0, 0.1) is 0 Å². The van der Waals surface area contributed by atoms with Gasteiger partial charge in [-0.1, -0.05) is 12.1 Å². The number of nitrogens with two attached hydrogens (primary N) is 1. The molecule has 20 heavy (non-hydrogen) atoms. The SMILES string of the molecule is COc1cccc(CN(C)C(=O)CC(C)(C)N)c1OC. The molecule has 1 amide bonds. The van der Waals surface area contributed by atoms with Crippen LogP contribution < -0.4 is 15.2 Å². The molecule has 0 bridgehead atoms. The first-order valence-corrected chi connectivity index (χ1v) is 6.51. The molecular weight excluding hydrogens is 256 g/mol. The largest absolute Gasteiger partial charge is 0.493 e. The summed E-state index contributed by atoms with van der Waals surface area (Å²) in [6, 6.07) is 5.62. The van der Waals surface area contributed by atoms with E-state index in [1.807, 2.05) is 32.0 Å². The minimum Gasteiger partial charge on any atom is -0.493 e. The summed E-state index contributed by atoms with van der Waals surface area (Å²) in [6.45, 7) is 4.13. The van der Waals surface area contributed by atoms with E-state index in [-0.39, 0.29) is 5.91 Å². The van der Waals surface area contributed by atoms with Crippen LogP contribution in [-0.2, 0) is 11.3 Å². The number of nitrogens with zero attached hydrogens (tertiary/aromatic N) is 1. The molecule has 1 rings (SSSR count). The summed E-state index contributed by atoms with van der Waals surface area (Å²) in [5, 5.41) is 0. The zero-order valence-corrected chi connectivity index (χ0v) is 12.9. The van der Waals surface area contributed by atoms with Crippen LogP contribution in [0.2, 0.25) is 0 Å².